The lowest BCUT2D eigenvalue weighted by atomic mass is 10.0. The molecule has 0 unspecified atom stereocenters. The molecule has 0 aliphatic heterocycles. The molecule has 0 spiro atoms. The smallest absolute Gasteiger partial charge is 0.305 e. The minimum absolute atomic E-state index is 0.0288. The van der Waals surface area contributed by atoms with Crippen molar-refractivity contribution in [1.29, 1.82) is 0 Å². The van der Waals surface area contributed by atoms with E-state index in [4.69, 9.17) is 17.0 Å². The molecule has 7 atom stereocenters. The lowest BCUT2D eigenvalue weighted by molar-refractivity contribution is -0.142. The van der Waals surface area contributed by atoms with Crippen LogP contribution in [0.4, 0.5) is 43.9 Å². The van der Waals surface area contributed by atoms with Crippen LogP contribution in [0.15, 0.2) is 5.11 Å². The molecular formula is C54H65F10N15O19. The molecule has 2 rings (SSSR count). The first-order valence-corrected chi connectivity index (χ1v) is 28.8. The molecule has 0 aromatic heterocycles. The fourth-order valence-electron chi connectivity index (χ4n) is 8.51. The Hall–Kier alpha value is -10.9. The van der Waals surface area contributed by atoms with E-state index in [-0.39, 0.29) is 38.8 Å². The summed E-state index contributed by atoms with van der Waals surface area (Å²) in [5, 5.41) is 61.3. The van der Waals surface area contributed by atoms with E-state index in [1.165, 1.54) is 0 Å². The number of halogens is 10. The summed E-state index contributed by atoms with van der Waals surface area (Å²) in [7, 11) is 0. The maximum atomic E-state index is 14.8. The highest BCUT2D eigenvalue weighted by Gasteiger charge is 2.37. The summed E-state index contributed by atoms with van der Waals surface area (Å²) < 4.78 is 141. The lowest BCUT2D eigenvalue weighted by Gasteiger charge is -2.26. The Morgan fingerprint density at radius 3 is 1.11 bits per heavy atom. The fraction of sp³-hybridized carbons (Fsp3) is 0.500. The summed E-state index contributed by atoms with van der Waals surface area (Å²) in [4.78, 5) is 196. The molecule has 0 aliphatic carbocycles. The number of primary amides is 1. The molecule has 18 N–H and O–H groups in total. The van der Waals surface area contributed by atoms with Gasteiger partial charge in [0.25, 0.3) is 11.8 Å². The molecule has 0 saturated heterocycles. The normalized spacial score (nSPS) is 13.0. The minimum atomic E-state index is -2.75. The summed E-state index contributed by atoms with van der Waals surface area (Å²) in [5.41, 5.74) is 15.1. The number of hydrogen-bond acceptors (Lipinski definition) is 17. The largest absolute Gasteiger partial charge is 0.481 e. The zero-order valence-corrected chi connectivity index (χ0v) is 50.9. The van der Waals surface area contributed by atoms with Crippen molar-refractivity contribution in [2.24, 2.45) is 16.6 Å². The van der Waals surface area contributed by atoms with Crippen LogP contribution >= 0.6 is 0 Å². The Balaban J connectivity index is 2.49. The van der Waals surface area contributed by atoms with Gasteiger partial charge in [0.2, 0.25) is 64.8 Å². The molecule has 98 heavy (non-hydrogen) atoms. The first-order chi connectivity index (χ1) is 46.0. The number of benzene rings is 2. The molecule has 11 amide bonds. The van der Waals surface area contributed by atoms with E-state index >= 15 is 0 Å². The monoisotopic (exact) mass is 1420 g/mol. The van der Waals surface area contributed by atoms with E-state index in [0.717, 1.165) is 0 Å². The molecule has 0 heterocycles. The molecule has 0 saturated carbocycles. The van der Waals surface area contributed by atoms with Crippen molar-refractivity contribution >= 4 is 88.9 Å². The molecule has 540 valence electrons. The highest BCUT2D eigenvalue weighted by molar-refractivity contribution is 6.01. The Morgan fingerprint density at radius 1 is 0.388 bits per heavy atom. The van der Waals surface area contributed by atoms with Crippen LogP contribution in [0.1, 0.15) is 117 Å². The number of carbonyl (C=O) groups excluding carboxylic acids is 11. The van der Waals surface area contributed by atoms with Crippen LogP contribution in [0.25, 0.3) is 10.4 Å². The third-order valence-electron chi connectivity index (χ3n) is 13.4. The Bertz CT molecular complexity index is 3350. The maximum Gasteiger partial charge on any atom is 0.305 e. The first kappa shape index (κ1) is 83.2. The van der Waals surface area contributed by atoms with E-state index < -0.39 is 284 Å². The van der Waals surface area contributed by atoms with E-state index in [9.17, 15) is 136 Å². The van der Waals surface area contributed by atoms with E-state index in [2.05, 4.69) is 31.3 Å². The van der Waals surface area contributed by atoms with Crippen LogP contribution in [0.2, 0.25) is 0 Å². The number of nitrogens with two attached hydrogens (primary N) is 2. The average molecular weight is 1420 g/mol. The summed E-state index contributed by atoms with van der Waals surface area (Å²) in [6.07, 6.45) is -8.54. The molecule has 0 bridgehead atoms. The summed E-state index contributed by atoms with van der Waals surface area (Å²) >= 11 is 0. The van der Waals surface area contributed by atoms with Gasteiger partial charge in [-0.25, -0.2) is 43.9 Å². The molecule has 44 heteroatoms. The number of carboxylic acids is 4. The number of amides is 11. The predicted octanol–water partition coefficient (Wildman–Crippen LogP) is -1.31. The van der Waals surface area contributed by atoms with Crippen LogP contribution in [0, 0.1) is 58.2 Å². The molecule has 0 radical (unpaired) electrons. The number of nitrogens with one attached hydrogen (secondary N) is 10. The second kappa shape index (κ2) is 41.1. The standard InChI is InChI=1S/C54H65F10N15O19/c55-36-34(37(56)41(60)44(63)40(36)59)53(97)68-15-5-2-9-23(77-54(98)35-38(57)42(61)45(64)43(62)39(35)58)48(92)78-27(18-33(88)89)52(96)76-25(11-13-31(84)85)50(94)74-22(8-3-6-16-71-79-67)47(91)70-20-29(81)72-26(17-32(86)87)51(95)75-24(10-12-30(82)83)49(93)73-21(7-1-4-14-65)46(90)69-19-28(66)80/h21-27H,1-20,65H2,(H2,66,80)(H,68,97)(H,69,90)(H,70,91)(H,72,81)(H,73,93)(H,74,94)(H,75,95)(H,76,96)(H,77,98)(H,78,92)(H,82,83)(H,84,85)(H,86,87)(H,88,89)/t21-,22-,23-,24-,25-,26-,27-/m0/s1. The Morgan fingerprint density at radius 2 is 0.724 bits per heavy atom. The van der Waals surface area contributed by atoms with Crippen molar-refractivity contribution in [3.05, 3.63) is 79.7 Å². The zero-order chi connectivity index (χ0) is 74.3. The van der Waals surface area contributed by atoms with E-state index in [1.807, 2.05) is 16.0 Å². The maximum absolute atomic E-state index is 14.8. The summed E-state index contributed by atoms with van der Waals surface area (Å²) in [6.45, 7) is -2.73. The van der Waals surface area contributed by atoms with Crippen LogP contribution in [-0.2, 0) is 62.3 Å². The third kappa shape index (κ3) is 27.1. The van der Waals surface area contributed by atoms with Gasteiger partial charge in [0.1, 0.15) is 53.4 Å². The van der Waals surface area contributed by atoms with Gasteiger partial charge in [0.05, 0.1) is 25.9 Å². The zero-order valence-electron chi connectivity index (χ0n) is 50.9. The number of aliphatic carboxylic acids is 4. The highest BCUT2D eigenvalue weighted by Crippen LogP contribution is 2.25. The lowest BCUT2D eigenvalue weighted by Crippen LogP contribution is -2.59. The van der Waals surface area contributed by atoms with Crippen LogP contribution in [0.5, 0.6) is 0 Å². The second-order valence-electron chi connectivity index (χ2n) is 20.8. The van der Waals surface area contributed by atoms with Crippen molar-refractivity contribution in [1.82, 2.24) is 53.2 Å². The summed E-state index contributed by atoms with van der Waals surface area (Å²) in [5.74, 6) is -49.6. The van der Waals surface area contributed by atoms with Crippen molar-refractivity contribution in [3.8, 4) is 0 Å². The van der Waals surface area contributed by atoms with Crippen molar-refractivity contribution < 1.29 is 136 Å². The Labute approximate surface area is 544 Å². The van der Waals surface area contributed by atoms with Gasteiger partial charge < -0.3 is 85.1 Å². The van der Waals surface area contributed by atoms with Gasteiger partial charge in [0, 0.05) is 30.8 Å². The number of rotatable bonds is 44. The molecule has 0 aliphatic rings. The van der Waals surface area contributed by atoms with Gasteiger partial charge >= 0.3 is 23.9 Å². The number of azide groups is 1. The van der Waals surface area contributed by atoms with Crippen molar-refractivity contribution in [3.63, 3.8) is 0 Å². The Kier molecular flexibility index (Phi) is 34.9. The van der Waals surface area contributed by atoms with Gasteiger partial charge in [-0.1, -0.05) is 11.5 Å². The van der Waals surface area contributed by atoms with Crippen molar-refractivity contribution in [2.75, 3.05) is 32.7 Å². The number of carboxylic acid groups (broad SMARTS) is 4. The van der Waals surface area contributed by atoms with Gasteiger partial charge in [-0.2, -0.15) is 0 Å². The second-order valence-corrected chi connectivity index (χ2v) is 20.8. The molecule has 2 aromatic carbocycles. The number of hydrogen-bond donors (Lipinski definition) is 16. The van der Waals surface area contributed by atoms with Crippen molar-refractivity contribution in [2.45, 2.75) is 139 Å². The molecule has 0 fully saturated rings. The number of nitrogens with zero attached hydrogens (tertiary/aromatic N) is 3. The first-order valence-electron chi connectivity index (χ1n) is 28.8. The quantitative estimate of drug-likeness (QED) is 0.00697. The minimum Gasteiger partial charge on any atom is -0.481 e. The van der Waals surface area contributed by atoms with Crippen LogP contribution in [-0.4, -0.2) is 184 Å². The van der Waals surface area contributed by atoms with E-state index in [0.29, 0.717) is 6.42 Å². The SMILES string of the molecule is [N-]=[N+]=NCCCC[C@H](NC(=O)[C@H](CCC(=O)O)NC(=O)[C@H](CC(=O)O)NC(=O)[C@H](CCCCNC(=O)c1c(F)c(F)c(F)c(F)c1F)NC(=O)c1c(F)c(F)c(F)c(F)c1F)C(=O)NCC(=O)N[C@@H](CC(=O)O)C(=O)N[C@@H](CCC(=O)O)C(=O)N[C@@H](CCCCN)C(=O)NCC(N)=O. The van der Waals surface area contributed by atoms with Gasteiger partial charge in [-0.15, -0.1) is 0 Å². The van der Waals surface area contributed by atoms with Gasteiger partial charge in [-0.3, -0.25) is 71.9 Å². The van der Waals surface area contributed by atoms with Crippen LogP contribution in [0.3, 0.4) is 0 Å². The fourth-order valence-corrected chi connectivity index (χ4v) is 8.51. The van der Waals surface area contributed by atoms with Gasteiger partial charge in [-0.05, 0) is 76.3 Å². The predicted molar refractivity (Wildman–Crippen MR) is 306 cm³/mol. The highest BCUT2D eigenvalue weighted by atomic mass is 19.2. The van der Waals surface area contributed by atoms with E-state index in [1.54, 1.807) is 16.0 Å². The topological polar surface area (TPSA) is 558 Å². The third-order valence-corrected chi connectivity index (χ3v) is 13.4. The molecular weight excluding hydrogens is 1350 g/mol. The van der Waals surface area contributed by atoms with Crippen LogP contribution < -0.4 is 64.6 Å². The average Bonchev–Trinajstić information content (AvgIpc) is 0.808. The van der Waals surface area contributed by atoms with Gasteiger partial charge in [0.15, 0.2) is 46.5 Å². The summed E-state index contributed by atoms with van der Waals surface area (Å²) in [6, 6.07) is -14.3. The number of unbranched alkanes of at least 4 members (excludes halogenated alkanes) is 3. The molecule has 34 nitrogen and oxygen atoms in total. The number of carbonyl (C=O) groups is 15. The molecule has 2 aromatic rings.